The summed E-state index contributed by atoms with van der Waals surface area (Å²) in [6.07, 6.45) is 1.01. The zero-order chi connectivity index (χ0) is 17.9. The number of halogens is 3. The Morgan fingerprint density at radius 1 is 1.12 bits per heavy atom. The molecule has 2 aromatic carbocycles. The van der Waals surface area contributed by atoms with Gasteiger partial charge in [-0.05, 0) is 65.1 Å². The summed E-state index contributed by atoms with van der Waals surface area (Å²) in [4.78, 5) is 12.2. The quantitative estimate of drug-likeness (QED) is 0.633. The van der Waals surface area contributed by atoms with E-state index < -0.39 is 15.9 Å². The van der Waals surface area contributed by atoms with Gasteiger partial charge in [-0.15, -0.1) is 0 Å². The van der Waals surface area contributed by atoms with Crippen molar-refractivity contribution in [2.45, 2.75) is 0 Å². The van der Waals surface area contributed by atoms with Crippen LogP contribution in [0.25, 0.3) is 0 Å². The molecule has 0 aromatic heterocycles. The fourth-order valence-corrected chi connectivity index (χ4v) is 3.66. The lowest BCUT2D eigenvalue weighted by Crippen LogP contribution is -2.37. The molecule has 9 heteroatoms. The van der Waals surface area contributed by atoms with Gasteiger partial charge in [-0.1, -0.05) is 23.2 Å². The third-order valence-corrected chi connectivity index (χ3v) is 5.25. The van der Waals surface area contributed by atoms with Crippen molar-refractivity contribution in [3.05, 3.63) is 56.1 Å². The number of benzene rings is 2. The van der Waals surface area contributed by atoms with E-state index in [1.807, 2.05) is 12.1 Å². The molecule has 0 spiro atoms. The molecule has 0 saturated heterocycles. The van der Waals surface area contributed by atoms with Crippen LogP contribution >= 0.6 is 45.8 Å². The zero-order valence-corrected chi connectivity index (χ0v) is 16.9. The Balaban J connectivity index is 2.23. The number of anilines is 2. The van der Waals surface area contributed by atoms with Crippen molar-refractivity contribution in [3.63, 3.8) is 0 Å². The second-order valence-corrected chi connectivity index (χ2v) is 8.98. The molecule has 2 rings (SSSR count). The van der Waals surface area contributed by atoms with Gasteiger partial charge in [0.15, 0.2) is 0 Å². The maximum atomic E-state index is 12.2. The molecular weight excluding hydrogens is 486 g/mol. The first kappa shape index (κ1) is 19.3. The molecule has 1 amide bonds. The Hall–Kier alpha value is -1.03. The first-order valence-corrected chi connectivity index (χ1v) is 10.3. The van der Waals surface area contributed by atoms with Crippen molar-refractivity contribution in [1.29, 1.82) is 0 Å². The van der Waals surface area contributed by atoms with Gasteiger partial charge in [0.05, 0.1) is 11.9 Å². The topological polar surface area (TPSA) is 66.5 Å². The average Bonchev–Trinajstić information content (AvgIpc) is 2.45. The van der Waals surface area contributed by atoms with Gasteiger partial charge in [-0.25, -0.2) is 8.42 Å². The number of rotatable bonds is 5. The third-order valence-electron chi connectivity index (χ3n) is 2.95. The van der Waals surface area contributed by atoms with Gasteiger partial charge < -0.3 is 5.32 Å². The van der Waals surface area contributed by atoms with Crippen molar-refractivity contribution in [3.8, 4) is 0 Å². The largest absolute Gasteiger partial charge is 0.325 e. The maximum absolute atomic E-state index is 12.2. The minimum Gasteiger partial charge on any atom is -0.325 e. The summed E-state index contributed by atoms with van der Waals surface area (Å²) in [6, 6.07) is 11.5. The normalized spacial score (nSPS) is 11.2. The number of nitrogens with zero attached hydrogens (tertiary/aromatic N) is 1. The number of carbonyl (C=O) groups is 1. The summed E-state index contributed by atoms with van der Waals surface area (Å²) in [6.45, 7) is -0.387. The lowest BCUT2D eigenvalue weighted by molar-refractivity contribution is -0.114. The Morgan fingerprint density at radius 2 is 1.67 bits per heavy atom. The molecule has 0 saturated carbocycles. The highest BCUT2D eigenvalue weighted by atomic mass is 127. The Labute approximate surface area is 164 Å². The van der Waals surface area contributed by atoms with Gasteiger partial charge in [0.2, 0.25) is 15.9 Å². The predicted molar refractivity (Wildman–Crippen MR) is 106 cm³/mol. The van der Waals surface area contributed by atoms with Crippen LogP contribution in [0.15, 0.2) is 42.5 Å². The maximum Gasteiger partial charge on any atom is 0.245 e. The second kappa shape index (κ2) is 7.90. The van der Waals surface area contributed by atoms with E-state index in [1.54, 1.807) is 12.1 Å². The summed E-state index contributed by atoms with van der Waals surface area (Å²) >= 11 is 14.0. The number of nitrogens with one attached hydrogen (secondary N) is 1. The van der Waals surface area contributed by atoms with E-state index in [2.05, 4.69) is 27.9 Å². The zero-order valence-electron chi connectivity index (χ0n) is 12.5. The average molecular weight is 499 g/mol. The van der Waals surface area contributed by atoms with Crippen molar-refractivity contribution in [2.24, 2.45) is 0 Å². The number of amides is 1. The molecule has 0 heterocycles. The number of hydrogen-bond donors (Lipinski definition) is 1. The first-order chi connectivity index (χ1) is 11.1. The van der Waals surface area contributed by atoms with Crippen molar-refractivity contribution < 1.29 is 13.2 Å². The minimum absolute atomic E-state index is 0.229. The summed E-state index contributed by atoms with van der Waals surface area (Å²) in [5.41, 5.74) is 0.811. The number of hydrogen-bond acceptors (Lipinski definition) is 3. The van der Waals surface area contributed by atoms with E-state index in [4.69, 9.17) is 23.2 Å². The van der Waals surface area contributed by atoms with Crippen LogP contribution in [0.5, 0.6) is 0 Å². The molecule has 5 nitrogen and oxygen atoms in total. The highest BCUT2D eigenvalue weighted by Crippen LogP contribution is 2.27. The van der Waals surface area contributed by atoms with E-state index in [1.165, 1.54) is 18.2 Å². The molecule has 0 aliphatic heterocycles. The molecule has 0 atom stereocenters. The van der Waals surface area contributed by atoms with Gasteiger partial charge in [-0.2, -0.15) is 0 Å². The fraction of sp³-hybridized carbons (Fsp3) is 0.133. The van der Waals surface area contributed by atoms with E-state index in [9.17, 15) is 13.2 Å². The summed E-state index contributed by atoms with van der Waals surface area (Å²) in [7, 11) is -3.69. The smallest absolute Gasteiger partial charge is 0.245 e. The van der Waals surface area contributed by atoms with Crippen LogP contribution in [0.4, 0.5) is 11.4 Å². The number of sulfonamides is 1. The van der Waals surface area contributed by atoms with Crippen molar-refractivity contribution in [1.82, 2.24) is 0 Å². The minimum atomic E-state index is -3.69. The lowest BCUT2D eigenvalue weighted by atomic mass is 10.3. The van der Waals surface area contributed by atoms with Gasteiger partial charge in [-0.3, -0.25) is 9.10 Å². The van der Waals surface area contributed by atoms with E-state index in [-0.39, 0.29) is 22.3 Å². The highest BCUT2D eigenvalue weighted by molar-refractivity contribution is 14.1. The van der Waals surface area contributed by atoms with E-state index in [0.29, 0.717) is 5.69 Å². The number of carbonyl (C=O) groups excluding carboxylic acids is 1. The molecule has 1 N–H and O–H groups in total. The Morgan fingerprint density at radius 3 is 2.17 bits per heavy atom. The molecular formula is C15H13Cl2IN2O3S. The summed E-state index contributed by atoms with van der Waals surface area (Å²) < 4.78 is 26.1. The van der Waals surface area contributed by atoms with E-state index >= 15 is 0 Å². The van der Waals surface area contributed by atoms with Crippen LogP contribution in [0.3, 0.4) is 0 Å². The Bertz CT molecular complexity index is 837. The van der Waals surface area contributed by atoms with Crippen LogP contribution in [0, 0.1) is 3.57 Å². The molecule has 0 bridgehead atoms. The van der Waals surface area contributed by atoms with Gasteiger partial charge in [0, 0.05) is 19.3 Å². The van der Waals surface area contributed by atoms with Crippen LogP contribution in [-0.4, -0.2) is 27.1 Å². The molecule has 0 unspecified atom stereocenters. The highest BCUT2D eigenvalue weighted by Gasteiger charge is 2.21. The molecule has 24 heavy (non-hydrogen) atoms. The SMILES string of the molecule is CS(=O)(=O)N(CC(=O)Nc1ccc(I)cc1)c1cc(Cl)cc(Cl)c1. The molecule has 0 radical (unpaired) electrons. The van der Waals surface area contributed by atoms with Crippen LogP contribution < -0.4 is 9.62 Å². The van der Waals surface area contributed by atoms with Crippen molar-refractivity contribution >= 4 is 73.1 Å². The summed E-state index contributed by atoms with van der Waals surface area (Å²) in [5.74, 6) is -0.474. The molecule has 0 aliphatic rings. The lowest BCUT2D eigenvalue weighted by Gasteiger charge is -2.22. The monoisotopic (exact) mass is 498 g/mol. The van der Waals surface area contributed by atoms with Crippen LogP contribution in [0.2, 0.25) is 10.0 Å². The second-order valence-electron chi connectivity index (χ2n) is 4.95. The van der Waals surface area contributed by atoms with Crippen LogP contribution in [-0.2, 0) is 14.8 Å². The first-order valence-electron chi connectivity index (χ1n) is 6.64. The standard InChI is InChI=1S/C15H13Cl2IN2O3S/c1-24(22,23)20(14-7-10(16)6-11(17)8-14)9-15(21)19-13-4-2-12(18)3-5-13/h2-8H,9H2,1H3,(H,19,21). The van der Waals surface area contributed by atoms with Gasteiger partial charge >= 0.3 is 0 Å². The van der Waals surface area contributed by atoms with Crippen LogP contribution in [0.1, 0.15) is 0 Å². The fourth-order valence-electron chi connectivity index (χ4n) is 1.95. The van der Waals surface area contributed by atoms with Gasteiger partial charge in [0.1, 0.15) is 6.54 Å². The molecule has 0 aliphatic carbocycles. The van der Waals surface area contributed by atoms with Gasteiger partial charge in [0.25, 0.3) is 0 Å². The predicted octanol–water partition coefficient (Wildman–Crippen LogP) is 4.00. The van der Waals surface area contributed by atoms with Crippen molar-refractivity contribution in [2.75, 3.05) is 22.4 Å². The van der Waals surface area contributed by atoms with E-state index in [0.717, 1.165) is 14.1 Å². The Kier molecular flexibility index (Phi) is 6.35. The summed E-state index contributed by atoms with van der Waals surface area (Å²) in [5, 5.41) is 3.22. The third kappa shape index (κ3) is 5.51. The molecule has 128 valence electrons. The molecule has 0 fully saturated rings. The molecule has 2 aromatic rings.